The zero-order chi connectivity index (χ0) is 13.1. The molecule has 0 aromatic heterocycles. The van der Waals surface area contributed by atoms with E-state index in [2.05, 4.69) is 5.32 Å². The van der Waals surface area contributed by atoms with Crippen LogP contribution in [0.4, 0.5) is 0 Å². The van der Waals surface area contributed by atoms with E-state index >= 15 is 0 Å². The summed E-state index contributed by atoms with van der Waals surface area (Å²) in [6.45, 7) is 0.879. The number of methoxy groups -OCH3 is 1. The van der Waals surface area contributed by atoms with Crippen molar-refractivity contribution in [2.45, 2.75) is 25.3 Å². The van der Waals surface area contributed by atoms with Crippen LogP contribution in [0, 0.1) is 0 Å². The van der Waals surface area contributed by atoms with Crippen molar-refractivity contribution in [3.63, 3.8) is 0 Å². The number of phenolic OH excluding ortho intramolecular Hbond substituents is 1. The summed E-state index contributed by atoms with van der Waals surface area (Å²) in [5, 5.41) is 22.4. The Hall–Kier alpha value is -1.75. The summed E-state index contributed by atoms with van der Waals surface area (Å²) in [6, 6.07) is 2.85. The monoisotopic (exact) mass is 251 g/mol. The molecule has 1 unspecified atom stereocenters. The van der Waals surface area contributed by atoms with Gasteiger partial charge in [0.25, 0.3) is 0 Å². The van der Waals surface area contributed by atoms with E-state index in [9.17, 15) is 9.90 Å². The molecule has 0 bridgehead atoms. The summed E-state index contributed by atoms with van der Waals surface area (Å²) in [5.74, 6) is -0.787. The van der Waals surface area contributed by atoms with Gasteiger partial charge in [-0.1, -0.05) is 6.42 Å². The fourth-order valence-corrected chi connectivity index (χ4v) is 2.29. The van der Waals surface area contributed by atoms with Crippen molar-refractivity contribution in [3.05, 3.63) is 23.3 Å². The van der Waals surface area contributed by atoms with Gasteiger partial charge in [0, 0.05) is 11.6 Å². The third-order valence-corrected chi connectivity index (χ3v) is 3.26. The van der Waals surface area contributed by atoms with Gasteiger partial charge in [-0.3, -0.25) is 0 Å². The van der Waals surface area contributed by atoms with E-state index in [1.165, 1.54) is 19.2 Å². The number of nitrogens with one attached hydrogen (secondary N) is 1. The van der Waals surface area contributed by atoms with E-state index in [0.29, 0.717) is 5.56 Å². The zero-order valence-corrected chi connectivity index (χ0v) is 10.3. The minimum atomic E-state index is -1.02. The maximum absolute atomic E-state index is 11.1. The molecule has 0 aliphatic carbocycles. The molecule has 0 spiro atoms. The summed E-state index contributed by atoms with van der Waals surface area (Å²) >= 11 is 0. The molecule has 0 amide bonds. The number of aromatic hydroxyl groups is 1. The molecule has 98 valence electrons. The van der Waals surface area contributed by atoms with Crippen molar-refractivity contribution in [3.8, 4) is 11.5 Å². The molecule has 18 heavy (non-hydrogen) atoms. The van der Waals surface area contributed by atoms with Gasteiger partial charge in [0.1, 0.15) is 0 Å². The smallest absolute Gasteiger partial charge is 0.335 e. The molecule has 1 aliphatic heterocycles. The van der Waals surface area contributed by atoms with Crippen molar-refractivity contribution in [1.82, 2.24) is 5.32 Å². The molecule has 1 fully saturated rings. The van der Waals surface area contributed by atoms with Crippen LogP contribution in [0.5, 0.6) is 11.5 Å². The number of piperidine rings is 1. The predicted molar refractivity (Wildman–Crippen MR) is 66.2 cm³/mol. The summed E-state index contributed by atoms with van der Waals surface area (Å²) in [7, 11) is 1.42. The van der Waals surface area contributed by atoms with Crippen LogP contribution in [0.15, 0.2) is 12.1 Å². The van der Waals surface area contributed by atoms with Crippen molar-refractivity contribution in [1.29, 1.82) is 0 Å². The second kappa shape index (κ2) is 5.27. The van der Waals surface area contributed by atoms with Gasteiger partial charge in [-0.2, -0.15) is 0 Å². The molecule has 1 heterocycles. The maximum Gasteiger partial charge on any atom is 0.335 e. The number of ether oxygens (including phenoxy) is 1. The number of carboxylic acid groups (broad SMARTS) is 1. The Morgan fingerprint density at radius 2 is 2.22 bits per heavy atom. The van der Waals surface area contributed by atoms with Crippen molar-refractivity contribution < 1.29 is 19.7 Å². The van der Waals surface area contributed by atoms with Crippen LogP contribution in [0.2, 0.25) is 0 Å². The molecular formula is C13H17NO4. The molecular weight excluding hydrogens is 234 g/mol. The lowest BCUT2D eigenvalue weighted by Crippen LogP contribution is -2.27. The lowest BCUT2D eigenvalue weighted by atomic mass is 9.95. The summed E-state index contributed by atoms with van der Waals surface area (Å²) < 4.78 is 5.03. The first-order valence-electron chi connectivity index (χ1n) is 6.01. The topological polar surface area (TPSA) is 78.8 Å². The van der Waals surface area contributed by atoms with E-state index in [-0.39, 0.29) is 23.1 Å². The van der Waals surface area contributed by atoms with Crippen LogP contribution < -0.4 is 10.1 Å². The lowest BCUT2D eigenvalue weighted by Gasteiger charge is -2.25. The van der Waals surface area contributed by atoms with Crippen molar-refractivity contribution in [2.24, 2.45) is 0 Å². The van der Waals surface area contributed by atoms with E-state index in [1.54, 1.807) is 0 Å². The maximum atomic E-state index is 11.1. The van der Waals surface area contributed by atoms with Gasteiger partial charge in [0.2, 0.25) is 0 Å². The van der Waals surface area contributed by atoms with Crippen LogP contribution in [0.1, 0.15) is 41.2 Å². The number of aromatic carboxylic acids is 1. The number of phenols is 1. The highest BCUT2D eigenvalue weighted by molar-refractivity contribution is 5.89. The molecule has 0 saturated carbocycles. The molecule has 5 heteroatoms. The Morgan fingerprint density at radius 1 is 1.44 bits per heavy atom. The quantitative estimate of drug-likeness (QED) is 0.764. The number of carbonyl (C=O) groups is 1. The minimum absolute atomic E-state index is 0.00745. The summed E-state index contributed by atoms with van der Waals surface area (Å²) in [4.78, 5) is 11.1. The van der Waals surface area contributed by atoms with Crippen LogP contribution in [0.25, 0.3) is 0 Å². The Balaban J connectivity index is 2.43. The van der Waals surface area contributed by atoms with Gasteiger partial charge >= 0.3 is 5.97 Å². The number of rotatable bonds is 3. The van der Waals surface area contributed by atoms with E-state index in [1.807, 2.05) is 0 Å². The van der Waals surface area contributed by atoms with E-state index in [4.69, 9.17) is 9.84 Å². The second-order valence-electron chi connectivity index (χ2n) is 4.42. The second-order valence-corrected chi connectivity index (χ2v) is 4.42. The number of benzene rings is 1. The summed E-state index contributed by atoms with van der Waals surface area (Å²) in [5.41, 5.74) is 0.735. The Morgan fingerprint density at radius 3 is 2.78 bits per heavy atom. The highest BCUT2D eigenvalue weighted by Gasteiger charge is 2.22. The molecule has 1 aliphatic rings. The third kappa shape index (κ3) is 2.41. The van der Waals surface area contributed by atoms with Gasteiger partial charge in [-0.25, -0.2) is 4.79 Å². The number of hydrogen-bond acceptors (Lipinski definition) is 4. The molecule has 1 aromatic carbocycles. The largest absolute Gasteiger partial charge is 0.504 e. The van der Waals surface area contributed by atoms with Crippen molar-refractivity contribution >= 4 is 5.97 Å². The normalized spacial score (nSPS) is 19.5. The van der Waals surface area contributed by atoms with Crippen LogP contribution in [-0.2, 0) is 0 Å². The first-order chi connectivity index (χ1) is 8.63. The molecule has 2 rings (SSSR count). The fraction of sp³-hybridized carbons (Fsp3) is 0.462. The highest BCUT2D eigenvalue weighted by atomic mass is 16.5. The highest BCUT2D eigenvalue weighted by Crippen LogP contribution is 2.37. The van der Waals surface area contributed by atoms with Gasteiger partial charge in [-0.15, -0.1) is 0 Å². The third-order valence-electron chi connectivity index (χ3n) is 3.26. The standard InChI is InChI=1S/C13H17NO4/c1-18-11-7-8(13(16)17)6-9(12(11)15)10-4-2-3-5-14-10/h6-7,10,14-15H,2-5H2,1H3,(H,16,17). The molecule has 1 saturated heterocycles. The van der Waals surface area contributed by atoms with Gasteiger partial charge < -0.3 is 20.3 Å². The summed E-state index contributed by atoms with van der Waals surface area (Å²) in [6.07, 6.45) is 3.06. The van der Waals surface area contributed by atoms with E-state index < -0.39 is 5.97 Å². The van der Waals surface area contributed by atoms with Crippen LogP contribution in [-0.4, -0.2) is 29.8 Å². The molecule has 1 atom stereocenters. The van der Waals surface area contributed by atoms with Gasteiger partial charge in [0.05, 0.1) is 12.7 Å². The van der Waals surface area contributed by atoms with Gasteiger partial charge in [0.15, 0.2) is 11.5 Å². The number of carboxylic acids is 1. The molecule has 0 radical (unpaired) electrons. The molecule has 3 N–H and O–H groups in total. The fourth-order valence-electron chi connectivity index (χ4n) is 2.29. The lowest BCUT2D eigenvalue weighted by molar-refractivity contribution is 0.0696. The first kappa shape index (κ1) is 12.7. The average molecular weight is 251 g/mol. The Labute approximate surface area is 105 Å². The van der Waals surface area contributed by atoms with Crippen LogP contribution in [0.3, 0.4) is 0 Å². The molecule has 1 aromatic rings. The molecule has 5 nitrogen and oxygen atoms in total. The Bertz CT molecular complexity index is 453. The van der Waals surface area contributed by atoms with E-state index in [0.717, 1.165) is 25.8 Å². The SMILES string of the molecule is COc1cc(C(=O)O)cc(C2CCCCN2)c1O. The predicted octanol–water partition coefficient (Wildman–Crippen LogP) is 1.91. The zero-order valence-electron chi connectivity index (χ0n) is 10.3. The van der Waals surface area contributed by atoms with Crippen molar-refractivity contribution in [2.75, 3.05) is 13.7 Å². The van der Waals surface area contributed by atoms with Gasteiger partial charge in [-0.05, 0) is 31.5 Å². The van der Waals surface area contributed by atoms with Crippen LogP contribution >= 0.6 is 0 Å². The average Bonchev–Trinajstić information content (AvgIpc) is 2.39. The Kier molecular flexibility index (Phi) is 3.72. The minimum Gasteiger partial charge on any atom is -0.504 e. The first-order valence-corrected chi connectivity index (χ1v) is 6.01. The number of hydrogen-bond donors (Lipinski definition) is 3.